The SMILES string of the molecule is CN(Cc1ccncc1)c1nc(N)ncc1F. The smallest absolute Gasteiger partial charge is 0.222 e. The van der Waals surface area contributed by atoms with Gasteiger partial charge in [-0.25, -0.2) is 9.37 Å². The first kappa shape index (κ1) is 11.3. The lowest BCUT2D eigenvalue weighted by Crippen LogP contribution is -2.20. The van der Waals surface area contributed by atoms with E-state index in [4.69, 9.17) is 5.73 Å². The molecular formula is C11H12FN5. The van der Waals surface area contributed by atoms with Crippen LogP contribution in [0.1, 0.15) is 5.56 Å². The van der Waals surface area contributed by atoms with Gasteiger partial charge in [0.15, 0.2) is 11.6 Å². The highest BCUT2D eigenvalue weighted by Gasteiger charge is 2.10. The molecule has 0 bridgehead atoms. The number of anilines is 2. The molecule has 0 saturated heterocycles. The molecule has 0 saturated carbocycles. The Morgan fingerprint density at radius 2 is 2.06 bits per heavy atom. The van der Waals surface area contributed by atoms with E-state index in [-0.39, 0.29) is 11.8 Å². The number of nitrogens with two attached hydrogens (primary N) is 1. The van der Waals surface area contributed by atoms with Gasteiger partial charge in [-0.2, -0.15) is 4.98 Å². The Labute approximate surface area is 98.1 Å². The van der Waals surface area contributed by atoms with Crippen molar-refractivity contribution in [2.75, 3.05) is 17.7 Å². The third-order valence-electron chi connectivity index (χ3n) is 2.27. The highest BCUT2D eigenvalue weighted by molar-refractivity contribution is 5.42. The molecule has 0 amide bonds. The average molecular weight is 233 g/mol. The molecule has 2 aromatic rings. The number of halogens is 1. The van der Waals surface area contributed by atoms with Crippen molar-refractivity contribution in [3.63, 3.8) is 0 Å². The molecule has 0 radical (unpaired) electrons. The van der Waals surface area contributed by atoms with Gasteiger partial charge < -0.3 is 10.6 Å². The van der Waals surface area contributed by atoms with Crippen LogP contribution in [0, 0.1) is 5.82 Å². The highest BCUT2D eigenvalue weighted by Crippen LogP contribution is 2.16. The number of pyridine rings is 1. The molecule has 2 rings (SSSR count). The van der Waals surface area contributed by atoms with E-state index in [2.05, 4.69) is 15.0 Å². The van der Waals surface area contributed by atoms with E-state index in [0.717, 1.165) is 11.8 Å². The maximum absolute atomic E-state index is 13.5. The van der Waals surface area contributed by atoms with Gasteiger partial charge in [-0.1, -0.05) is 0 Å². The van der Waals surface area contributed by atoms with Crippen LogP contribution in [0.25, 0.3) is 0 Å². The van der Waals surface area contributed by atoms with E-state index in [1.54, 1.807) is 24.3 Å². The highest BCUT2D eigenvalue weighted by atomic mass is 19.1. The number of nitrogen functional groups attached to an aromatic ring is 1. The van der Waals surface area contributed by atoms with Gasteiger partial charge in [0, 0.05) is 26.0 Å². The van der Waals surface area contributed by atoms with E-state index >= 15 is 0 Å². The van der Waals surface area contributed by atoms with Crippen molar-refractivity contribution >= 4 is 11.8 Å². The Hall–Kier alpha value is -2.24. The molecule has 17 heavy (non-hydrogen) atoms. The lowest BCUT2D eigenvalue weighted by Gasteiger charge is -2.18. The molecule has 0 unspecified atom stereocenters. The van der Waals surface area contributed by atoms with Crippen LogP contribution in [0.3, 0.4) is 0 Å². The predicted molar refractivity (Wildman–Crippen MR) is 62.7 cm³/mol. The number of rotatable bonds is 3. The predicted octanol–water partition coefficient (Wildman–Crippen LogP) is 1.23. The molecule has 0 aromatic carbocycles. The zero-order chi connectivity index (χ0) is 12.3. The van der Waals surface area contributed by atoms with Gasteiger partial charge in [0.1, 0.15) is 0 Å². The summed E-state index contributed by atoms with van der Waals surface area (Å²) in [7, 11) is 1.74. The van der Waals surface area contributed by atoms with E-state index < -0.39 is 5.82 Å². The fraction of sp³-hybridized carbons (Fsp3) is 0.182. The third kappa shape index (κ3) is 2.66. The first-order valence-corrected chi connectivity index (χ1v) is 5.05. The molecule has 0 aliphatic rings. The van der Waals surface area contributed by atoms with E-state index in [9.17, 15) is 4.39 Å². The van der Waals surface area contributed by atoms with Crippen molar-refractivity contribution in [3.05, 3.63) is 42.1 Å². The van der Waals surface area contributed by atoms with Gasteiger partial charge in [-0.3, -0.25) is 4.98 Å². The Morgan fingerprint density at radius 1 is 1.35 bits per heavy atom. The third-order valence-corrected chi connectivity index (χ3v) is 2.27. The summed E-state index contributed by atoms with van der Waals surface area (Å²) in [4.78, 5) is 13.0. The number of hydrogen-bond donors (Lipinski definition) is 1. The number of hydrogen-bond acceptors (Lipinski definition) is 5. The molecule has 5 nitrogen and oxygen atoms in total. The number of nitrogens with zero attached hydrogens (tertiary/aromatic N) is 4. The lowest BCUT2D eigenvalue weighted by molar-refractivity contribution is 0.608. The maximum Gasteiger partial charge on any atom is 0.222 e. The molecular weight excluding hydrogens is 221 g/mol. The molecule has 0 atom stereocenters. The standard InChI is InChI=1S/C11H12FN5/c1-17(7-8-2-4-14-5-3-8)10-9(12)6-15-11(13)16-10/h2-6H,7H2,1H3,(H2,13,15,16). The fourth-order valence-corrected chi connectivity index (χ4v) is 1.48. The fourth-order valence-electron chi connectivity index (χ4n) is 1.48. The normalized spacial score (nSPS) is 10.2. The van der Waals surface area contributed by atoms with Gasteiger partial charge >= 0.3 is 0 Å². The van der Waals surface area contributed by atoms with Crippen LogP contribution in [-0.4, -0.2) is 22.0 Å². The van der Waals surface area contributed by atoms with Crippen LogP contribution in [-0.2, 0) is 6.54 Å². The summed E-state index contributed by atoms with van der Waals surface area (Å²) in [6.45, 7) is 0.524. The molecule has 0 fully saturated rings. The van der Waals surface area contributed by atoms with Crippen molar-refractivity contribution < 1.29 is 4.39 Å². The summed E-state index contributed by atoms with van der Waals surface area (Å²) in [6.07, 6.45) is 4.45. The van der Waals surface area contributed by atoms with Gasteiger partial charge in [0.2, 0.25) is 5.95 Å². The molecule has 2 heterocycles. The first-order chi connectivity index (χ1) is 8.16. The van der Waals surface area contributed by atoms with Crippen LogP contribution >= 0.6 is 0 Å². The van der Waals surface area contributed by atoms with Crippen LogP contribution in [0.4, 0.5) is 16.2 Å². The Kier molecular flexibility index (Phi) is 3.13. The van der Waals surface area contributed by atoms with Gasteiger partial charge in [-0.15, -0.1) is 0 Å². The quantitative estimate of drug-likeness (QED) is 0.863. The molecule has 0 aliphatic carbocycles. The molecule has 2 N–H and O–H groups in total. The summed E-state index contributed by atoms with van der Waals surface area (Å²) in [5.74, 6) is -0.243. The summed E-state index contributed by atoms with van der Waals surface area (Å²) < 4.78 is 13.5. The van der Waals surface area contributed by atoms with Crippen LogP contribution in [0.2, 0.25) is 0 Å². The van der Waals surface area contributed by atoms with E-state index in [1.807, 2.05) is 12.1 Å². The van der Waals surface area contributed by atoms with Crippen molar-refractivity contribution in [2.45, 2.75) is 6.54 Å². The molecule has 0 spiro atoms. The van der Waals surface area contributed by atoms with Gasteiger partial charge in [0.05, 0.1) is 6.20 Å². The summed E-state index contributed by atoms with van der Waals surface area (Å²) >= 11 is 0. The first-order valence-electron chi connectivity index (χ1n) is 5.05. The van der Waals surface area contributed by atoms with Crippen molar-refractivity contribution in [2.24, 2.45) is 0 Å². The second-order valence-electron chi connectivity index (χ2n) is 3.61. The number of aromatic nitrogens is 3. The summed E-state index contributed by atoms with van der Waals surface area (Å²) in [5, 5.41) is 0. The lowest BCUT2D eigenvalue weighted by atomic mass is 10.2. The largest absolute Gasteiger partial charge is 0.368 e. The minimum absolute atomic E-state index is 0.0583. The second kappa shape index (κ2) is 4.73. The second-order valence-corrected chi connectivity index (χ2v) is 3.61. The molecule has 0 aliphatic heterocycles. The van der Waals surface area contributed by atoms with Crippen LogP contribution in [0.5, 0.6) is 0 Å². The zero-order valence-electron chi connectivity index (χ0n) is 9.34. The van der Waals surface area contributed by atoms with Crippen LogP contribution < -0.4 is 10.6 Å². The molecule has 6 heteroatoms. The maximum atomic E-state index is 13.5. The van der Waals surface area contributed by atoms with Crippen molar-refractivity contribution in [1.82, 2.24) is 15.0 Å². The Balaban J connectivity index is 2.20. The van der Waals surface area contributed by atoms with E-state index in [1.165, 1.54) is 0 Å². The van der Waals surface area contributed by atoms with Gasteiger partial charge in [0.25, 0.3) is 0 Å². The Morgan fingerprint density at radius 3 is 2.76 bits per heavy atom. The van der Waals surface area contributed by atoms with Gasteiger partial charge in [-0.05, 0) is 17.7 Å². The average Bonchev–Trinajstić information content (AvgIpc) is 2.33. The van der Waals surface area contributed by atoms with Crippen molar-refractivity contribution in [1.29, 1.82) is 0 Å². The molecule has 2 aromatic heterocycles. The topological polar surface area (TPSA) is 67.9 Å². The van der Waals surface area contributed by atoms with Crippen LogP contribution in [0.15, 0.2) is 30.7 Å². The molecule has 88 valence electrons. The monoisotopic (exact) mass is 233 g/mol. The van der Waals surface area contributed by atoms with Crippen molar-refractivity contribution in [3.8, 4) is 0 Å². The Bertz CT molecular complexity index is 502. The zero-order valence-corrected chi connectivity index (χ0v) is 9.34. The minimum Gasteiger partial charge on any atom is -0.368 e. The van der Waals surface area contributed by atoms with E-state index in [0.29, 0.717) is 6.54 Å². The minimum atomic E-state index is -0.490. The summed E-state index contributed by atoms with van der Waals surface area (Å²) in [5.41, 5.74) is 6.45. The summed E-state index contributed by atoms with van der Waals surface area (Å²) in [6, 6.07) is 3.72.